The van der Waals surface area contributed by atoms with Crippen molar-refractivity contribution in [3.8, 4) is 11.5 Å². The van der Waals surface area contributed by atoms with Crippen LogP contribution in [0.4, 0.5) is 10.1 Å². The lowest BCUT2D eigenvalue weighted by molar-refractivity contribution is 0.475. The van der Waals surface area contributed by atoms with Crippen LogP contribution in [0.15, 0.2) is 40.9 Å². The summed E-state index contributed by atoms with van der Waals surface area (Å²) in [7, 11) is 0. The maximum absolute atomic E-state index is 13.1. The van der Waals surface area contributed by atoms with Crippen LogP contribution in [0.25, 0.3) is 0 Å². The summed E-state index contributed by atoms with van der Waals surface area (Å²) >= 11 is 3.30. The molecule has 0 saturated carbocycles. The van der Waals surface area contributed by atoms with Crippen molar-refractivity contribution in [1.82, 2.24) is 0 Å². The van der Waals surface area contributed by atoms with E-state index in [1.165, 1.54) is 12.1 Å². The number of hydrogen-bond acceptors (Lipinski definition) is 2. The van der Waals surface area contributed by atoms with E-state index >= 15 is 0 Å². The van der Waals surface area contributed by atoms with E-state index in [-0.39, 0.29) is 5.82 Å². The number of nitrogens with two attached hydrogens (primary N) is 1. The van der Waals surface area contributed by atoms with E-state index in [0.717, 1.165) is 5.56 Å². The number of aryl methyl sites for hydroxylation is 1. The standard InChI is InChI=1S/C13H11BrFNO/c1-8-2-5-11(16)13(6-8)17-12-7-9(15)3-4-10(12)14/h2-7H,16H2,1H3. The number of anilines is 1. The van der Waals surface area contributed by atoms with Crippen LogP contribution < -0.4 is 10.5 Å². The van der Waals surface area contributed by atoms with Gasteiger partial charge >= 0.3 is 0 Å². The zero-order chi connectivity index (χ0) is 12.4. The van der Waals surface area contributed by atoms with Gasteiger partial charge in [-0.3, -0.25) is 0 Å². The molecule has 4 heteroatoms. The number of benzene rings is 2. The molecule has 0 fully saturated rings. The van der Waals surface area contributed by atoms with Gasteiger partial charge in [-0.05, 0) is 52.7 Å². The molecule has 2 N–H and O–H groups in total. The van der Waals surface area contributed by atoms with Gasteiger partial charge in [0.05, 0.1) is 10.2 Å². The van der Waals surface area contributed by atoms with Gasteiger partial charge in [0.15, 0.2) is 5.75 Å². The maximum atomic E-state index is 13.1. The van der Waals surface area contributed by atoms with Crippen molar-refractivity contribution in [2.45, 2.75) is 6.92 Å². The van der Waals surface area contributed by atoms with Crippen molar-refractivity contribution in [2.75, 3.05) is 5.73 Å². The number of hydrogen-bond donors (Lipinski definition) is 1. The Bertz CT molecular complexity index is 508. The first-order valence-electron chi connectivity index (χ1n) is 5.05. The van der Waals surface area contributed by atoms with Crippen LogP contribution in [0.3, 0.4) is 0 Å². The van der Waals surface area contributed by atoms with Crippen molar-refractivity contribution in [2.24, 2.45) is 0 Å². The SMILES string of the molecule is Cc1ccc(N)c(Oc2cc(F)ccc2Br)c1. The fraction of sp³-hybridized carbons (Fsp3) is 0.0769. The van der Waals surface area contributed by atoms with Crippen LogP contribution in [0, 0.1) is 12.7 Å². The van der Waals surface area contributed by atoms with Crippen LogP contribution in [0.1, 0.15) is 5.56 Å². The highest BCUT2D eigenvalue weighted by molar-refractivity contribution is 9.10. The van der Waals surface area contributed by atoms with E-state index < -0.39 is 0 Å². The molecule has 2 rings (SSSR count). The average Bonchev–Trinajstić information content (AvgIpc) is 2.28. The first-order chi connectivity index (χ1) is 8.06. The van der Waals surface area contributed by atoms with Crippen molar-refractivity contribution < 1.29 is 9.13 Å². The van der Waals surface area contributed by atoms with Gasteiger partial charge in [0, 0.05) is 6.07 Å². The lowest BCUT2D eigenvalue weighted by Gasteiger charge is -2.10. The molecule has 0 radical (unpaired) electrons. The third-order valence-electron chi connectivity index (χ3n) is 2.28. The highest BCUT2D eigenvalue weighted by atomic mass is 79.9. The molecule has 0 bridgehead atoms. The third-order valence-corrected chi connectivity index (χ3v) is 2.94. The molecule has 2 aromatic carbocycles. The molecule has 0 amide bonds. The Morgan fingerprint density at radius 2 is 1.88 bits per heavy atom. The Morgan fingerprint density at radius 3 is 2.65 bits per heavy atom. The lowest BCUT2D eigenvalue weighted by Crippen LogP contribution is -1.93. The topological polar surface area (TPSA) is 35.2 Å². The summed E-state index contributed by atoms with van der Waals surface area (Å²) in [4.78, 5) is 0. The molecule has 0 unspecified atom stereocenters. The van der Waals surface area contributed by atoms with Gasteiger partial charge in [-0.1, -0.05) is 6.07 Å². The smallest absolute Gasteiger partial charge is 0.150 e. The maximum Gasteiger partial charge on any atom is 0.150 e. The Balaban J connectivity index is 2.37. The summed E-state index contributed by atoms with van der Waals surface area (Å²) in [5, 5.41) is 0. The summed E-state index contributed by atoms with van der Waals surface area (Å²) in [5.74, 6) is 0.577. The molecule has 0 saturated heterocycles. The van der Waals surface area contributed by atoms with Gasteiger partial charge in [-0.2, -0.15) is 0 Å². The van der Waals surface area contributed by atoms with Crippen molar-refractivity contribution in [3.05, 3.63) is 52.3 Å². The predicted molar refractivity (Wildman–Crippen MR) is 69.8 cm³/mol. The van der Waals surface area contributed by atoms with Crippen LogP contribution in [0.5, 0.6) is 11.5 Å². The minimum Gasteiger partial charge on any atom is -0.454 e. The first kappa shape index (κ1) is 11.9. The number of halogens is 2. The van der Waals surface area contributed by atoms with E-state index in [1.54, 1.807) is 12.1 Å². The Hall–Kier alpha value is -1.55. The van der Waals surface area contributed by atoms with Crippen LogP contribution in [-0.4, -0.2) is 0 Å². The van der Waals surface area contributed by atoms with E-state index in [4.69, 9.17) is 10.5 Å². The van der Waals surface area contributed by atoms with Gasteiger partial charge < -0.3 is 10.5 Å². The monoisotopic (exact) mass is 295 g/mol. The van der Waals surface area contributed by atoms with E-state index in [1.807, 2.05) is 19.1 Å². The molecule has 88 valence electrons. The number of nitrogen functional groups attached to an aromatic ring is 1. The quantitative estimate of drug-likeness (QED) is 0.840. The predicted octanol–water partition coefficient (Wildman–Crippen LogP) is 4.27. The summed E-state index contributed by atoms with van der Waals surface area (Å²) in [5.41, 5.74) is 7.34. The van der Waals surface area contributed by atoms with E-state index in [2.05, 4.69) is 15.9 Å². The molecule has 2 nitrogen and oxygen atoms in total. The van der Waals surface area contributed by atoms with Gasteiger partial charge in [0.2, 0.25) is 0 Å². The fourth-order valence-electron chi connectivity index (χ4n) is 1.40. The van der Waals surface area contributed by atoms with Gasteiger partial charge in [0.1, 0.15) is 11.6 Å². The second kappa shape index (κ2) is 4.75. The Morgan fingerprint density at radius 1 is 1.12 bits per heavy atom. The molecule has 0 aliphatic rings. The molecule has 2 aromatic rings. The van der Waals surface area contributed by atoms with Crippen LogP contribution in [0.2, 0.25) is 0 Å². The van der Waals surface area contributed by atoms with Crippen LogP contribution in [-0.2, 0) is 0 Å². The largest absolute Gasteiger partial charge is 0.454 e. The second-order valence-electron chi connectivity index (χ2n) is 3.72. The highest BCUT2D eigenvalue weighted by Gasteiger charge is 2.07. The first-order valence-corrected chi connectivity index (χ1v) is 5.84. The van der Waals surface area contributed by atoms with Gasteiger partial charge in [-0.15, -0.1) is 0 Å². The molecule has 0 aromatic heterocycles. The lowest BCUT2D eigenvalue weighted by atomic mass is 10.2. The summed E-state index contributed by atoms with van der Waals surface area (Å²) in [6, 6.07) is 9.73. The zero-order valence-corrected chi connectivity index (χ0v) is 10.8. The molecule has 0 spiro atoms. The number of rotatable bonds is 2. The third kappa shape index (κ3) is 2.77. The molecule has 0 heterocycles. The number of ether oxygens (including phenoxy) is 1. The van der Waals surface area contributed by atoms with Crippen molar-refractivity contribution >= 4 is 21.6 Å². The summed E-state index contributed by atoms with van der Waals surface area (Å²) < 4.78 is 19.4. The second-order valence-corrected chi connectivity index (χ2v) is 4.57. The van der Waals surface area contributed by atoms with E-state index in [9.17, 15) is 4.39 Å². The molecule has 0 aliphatic heterocycles. The average molecular weight is 296 g/mol. The minimum atomic E-state index is -0.352. The molecular formula is C13H11BrFNO. The Labute approximate surface area is 107 Å². The van der Waals surface area contributed by atoms with Crippen molar-refractivity contribution in [1.29, 1.82) is 0 Å². The normalized spacial score (nSPS) is 10.3. The molecular weight excluding hydrogens is 285 g/mol. The Kier molecular flexibility index (Phi) is 3.33. The summed E-state index contributed by atoms with van der Waals surface area (Å²) in [6.45, 7) is 1.94. The minimum absolute atomic E-state index is 0.352. The highest BCUT2D eigenvalue weighted by Crippen LogP contribution is 2.33. The molecule has 0 aliphatic carbocycles. The fourth-order valence-corrected chi connectivity index (χ4v) is 1.73. The molecule has 17 heavy (non-hydrogen) atoms. The van der Waals surface area contributed by atoms with E-state index in [0.29, 0.717) is 21.7 Å². The molecule has 0 atom stereocenters. The van der Waals surface area contributed by atoms with Crippen LogP contribution >= 0.6 is 15.9 Å². The van der Waals surface area contributed by atoms with Crippen molar-refractivity contribution in [3.63, 3.8) is 0 Å². The van der Waals surface area contributed by atoms with Gasteiger partial charge in [-0.25, -0.2) is 4.39 Å². The summed E-state index contributed by atoms with van der Waals surface area (Å²) in [6.07, 6.45) is 0. The van der Waals surface area contributed by atoms with Gasteiger partial charge in [0.25, 0.3) is 0 Å². The zero-order valence-electron chi connectivity index (χ0n) is 9.21.